The van der Waals surface area contributed by atoms with Gasteiger partial charge >= 0.3 is 5.69 Å². The SMILES string of the molecule is CCNc1ncc([N+](=O)[O-])c(NCCc2cccs2)n1. The van der Waals surface area contributed by atoms with E-state index < -0.39 is 4.92 Å². The minimum atomic E-state index is -0.483. The molecule has 20 heavy (non-hydrogen) atoms. The fraction of sp³-hybridized carbons (Fsp3) is 0.333. The van der Waals surface area contributed by atoms with Crippen molar-refractivity contribution in [2.24, 2.45) is 0 Å². The van der Waals surface area contributed by atoms with Crippen molar-refractivity contribution < 1.29 is 4.92 Å². The molecule has 0 aliphatic heterocycles. The van der Waals surface area contributed by atoms with Crippen LogP contribution in [0.2, 0.25) is 0 Å². The Morgan fingerprint density at radius 2 is 2.30 bits per heavy atom. The summed E-state index contributed by atoms with van der Waals surface area (Å²) in [5, 5.41) is 18.9. The van der Waals surface area contributed by atoms with Gasteiger partial charge in [-0.15, -0.1) is 11.3 Å². The third-order valence-corrected chi connectivity index (χ3v) is 3.48. The molecule has 2 heterocycles. The zero-order valence-electron chi connectivity index (χ0n) is 11.0. The first-order valence-corrected chi connectivity index (χ1v) is 7.10. The van der Waals surface area contributed by atoms with Gasteiger partial charge in [-0.1, -0.05) is 6.07 Å². The topological polar surface area (TPSA) is 93.0 Å². The summed E-state index contributed by atoms with van der Waals surface area (Å²) in [5.74, 6) is 0.634. The molecule has 0 amide bonds. The summed E-state index contributed by atoms with van der Waals surface area (Å²) in [5.41, 5.74) is -0.113. The van der Waals surface area contributed by atoms with Crippen LogP contribution in [0.4, 0.5) is 17.5 Å². The molecule has 0 saturated heterocycles. The quantitative estimate of drug-likeness (QED) is 0.602. The Balaban J connectivity index is 2.06. The van der Waals surface area contributed by atoms with E-state index in [-0.39, 0.29) is 11.5 Å². The van der Waals surface area contributed by atoms with Crippen molar-refractivity contribution in [1.29, 1.82) is 0 Å². The molecule has 0 spiro atoms. The van der Waals surface area contributed by atoms with Gasteiger partial charge < -0.3 is 10.6 Å². The number of nitrogens with zero attached hydrogens (tertiary/aromatic N) is 3. The summed E-state index contributed by atoms with van der Waals surface area (Å²) in [6, 6.07) is 4.02. The summed E-state index contributed by atoms with van der Waals surface area (Å²) in [7, 11) is 0. The maximum absolute atomic E-state index is 10.9. The van der Waals surface area contributed by atoms with Crippen molar-refractivity contribution in [3.8, 4) is 0 Å². The van der Waals surface area contributed by atoms with Crippen molar-refractivity contribution in [3.63, 3.8) is 0 Å². The highest BCUT2D eigenvalue weighted by Crippen LogP contribution is 2.22. The van der Waals surface area contributed by atoms with Crippen LogP contribution in [0.3, 0.4) is 0 Å². The Morgan fingerprint density at radius 3 is 2.95 bits per heavy atom. The molecule has 0 saturated carbocycles. The predicted octanol–water partition coefficient (Wildman–Crippen LogP) is 2.53. The molecule has 2 aromatic rings. The number of anilines is 2. The van der Waals surface area contributed by atoms with Crippen LogP contribution < -0.4 is 10.6 Å². The first kappa shape index (κ1) is 14.2. The minimum Gasteiger partial charge on any atom is -0.364 e. The molecule has 0 aromatic carbocycles. The van der Waals surface area contributed by atoms with Gasteiger partial charge in [0.1, 0.15) is 6.20 Å². The van der Waals surface area contributed by atoms with Crippen molar-refractivity contribution >= 4 is 28.8 Å². The van der Waals surface area contributed by atoms with Crippen LogP contribution >= 0.6 is 11.3 Å². The Bertz CT molecular complexity index is 573. The second-order valence-corrected chi connectivity index (χ2v) is 5.00. The standard InChI is InChI=1S/C12H15N5O2S/c1-2-13-12-15-8-10(17(18)19)11(16-12)14-6-5-9-4-3-7-20-9/h3-4,7-8H,2,5-6H2,1H3,(H2,13,14,15,16). The van der Waals surface area contributed by atoms with E-state index in [1.807, 2.05) is 24.4 Å². The van der Waals surface area contributed by atoms with Gasteiger partial charge in [-0.25, -0.2) is 4.98 Å². The van der Waals surface area contributed by atoms with Gasteiger partial charge in [0.2, 0.25) is 11.8 Å². The molecule has 0 atom stereocenters. The minimum absolute atomic E-state index is 0.113. The lowest BCUT2D eigenvalue weighted by molar-refractivity contribution is -0.384. The average Bonchev–Trinajstić information content (AvgIpc) is 2.92. The highest BCUT2D eigenvalue weighted by molar-refractivity contribution is 7.09. The van der Waals surface area contributed by atoms with E-state index in [9.17, 15) is 10.1 Å². The van der Waals surface area contributed by atoms with E-state index >= 15 is 0 Å². The molecule has 0 radical (unpaired) electrons. The first-order chi connectivity index (χ1) is 9.70. The fourth-order valence-corrected chi connectivity index (χ4v) is 2.35. The van der Waals surface area contributed by atoms with Gasteiger partial charge in [0, 0.05) is 18.0 Å². The van der Waals surface area contributed by atoms with Crippen LogP contribution in [0.1, 0.15) is 11.8 Å². The number of hydrogen-bond donors (Lipinski definition) is 2. The Hall–Kier alpha value is -2.22. The van der Waals surface area contributed by atoms with Crippen LogP contribution in [-0.2, 0) is 6.42 Å². The van der Waals surface area contributed by atoms with Gasteiger partial charge in [0.05, 0.1) is 4.92 Å². The molecule has 2 N–H and O–H groups in total. The lowest BCUT2D eigenvalue weighted by atomic mass is 10.3. The second kappa shape index (κ2) is 6.80. The maximum Gasteiger partial charge on any atom is 0.329 e. The van der Waals surface area contributed by atoms with Crippen molar-refractivity contribution in [1.82, 2.24) is 9.97 Å². The maximum atomic E-state index is 10.9. The van der Waals surface area contributed by atoms with E-state index in [1.165, 1.54) is 11.1 Å². The predicted molar refractivity (Wildman–Crippen MR) is 79.4 cm³/mol. The van der Waals surface area contributed by atoms with Gasteiger partial charge in [0.25, 0.3) is 0 Å². The van der Waals surface area contributed by atoms with E-state index in [0.29, 0.717) is 19.0 Å². The Labute approximate surface area is 120 Å². The zero-order chi connectivity index (χ0) is 14.4. The molecular weight excluding hydrogens is 278 g/mol. The van der Waals surface area contributed by atoms with Crippen molar-refractivity contribution in [3.05, 3.63) is 38.7 Å². The zero-order valence-corrected chi connectivity index (χ0v) is 11.8. The number of nitrogens with one attached hydrogen (secondary N) is 2. The van der Waals surface area contributed by atoms with Crippen LogP contribution in [0.25, 0.3) is 0 Å². The largest absolute Gasteiger partial charge is 0.364 e. The van der Waals surface area contributed by atoms with Crippen molar-refractivity contribution in [2.45, 2.75) is 13.3 Å². The van der Waals surface area contributed by atoms with Crippen LogP contribution in [0, 0.1) is 10.1 Å². The smallest absolute Gasteiger partial charge is 0.329 e. The molecule has 106 valence electrons. The van der Waals surface area contributed by atoms with Gasteiger partial charge in [-0.05, 0) is 24.8 Å². The van der Waals surface area contributed by atoms with Crippen LogP contribution in [0.5, 0.6) is 0 Å². The van der Waals surface area contributed by atoms with E-state index in [4.69, 9.17) is 0 Å². The first-order valence-electron chi connectivity index (χ1n) is 6.22. The monoisotopic (exact) mass is 293 g/mol. The molecular formula is C12H15N5O2S. The lowest BCUT2D eigenvalue weighted by Crippen LogP contribution is -2.11. The molecule has 2 aromatic heterocycles. The van der Waals surface area contributed by atoms with Gasteiger partial charge in [-0.3, -0.25) is 10.1 Å². The van der Waals surface area contributed by atoms with Gasteiger partial charge in [-0.2, -0.15) is 4.98 Å². The number of aromatic nitrogens is 2. The van der Waals surface area contributed by atoms with Crippen molar-refractivity contribution in [2.75, 3.05) is 23.7 Å². The Morgan fingerprint density at radius 1 is 1.45 bits per heavy atom. The average molecular weight is 293 g/mol. The molecule has 7 nitrogen and oxygen atoms in total. The normalized spacial score (nSPS) is 10.2. The highest BCUT2D eigenvalue weighted by atomic mass is 32.1. The third kappa shape index (κ3) is 3.64. The molecule has 0 aliphatic carbocycles. The molecule has 0 bridgehead atoms. The second-order valence-electron chi connectivity index (χ2n) is 3.97. The lowest BCUT2D eigenvalue weighted by Gasteiger charge is -2.07. The number of rotatable bonds is 7. The van der Waals surface area contributed by atoms with Gasteiger partial charge in [0.15, 0.2) is 0 Å². The molecule has 0 unspecified atom stereocenters. The summed E-state index contributed by atoms with van der Waals surface area (Å²) >= 11 is 1.66. The fourth-order valence-electron chi connectivity index (χ4n) is 1.64. The number of hydrogen-bond acceptors (Lipinski definition) is 7. The summed E-state index contributed by atoms with van der Waals surface area (Å²) in [4.78, 5) is 19.7. The van der Waals surface area contributed by atoms with Crippen LogP contribution in [0.15, 0.2) is 23.7 Å². The van der Waals surface area contributed by atoms with E-state index in [2.05, 4.69) is 20.6 Å². The molecule has 2 rings (SSSR count). The molecule has 0 aliphatic rings. The number of nitro groups is 1. The molecule has 8 heteroatoms. The summed E-state index contributed by atoms with van der Waals surface area (Å²) in [6.07, 6.45) is 2.02. The van der Waals surface area contributed by atoms with E-state index in [1.54, 1.807) is 11.3 Å². The summed E-state index contributed by atoms with van der Waals surface area (Å²) in [6.45, 7) is 3.16. The highest BCUT2D eigenvalue weighted by Gasteiger charge is 2.16. The number of thiophene rings is 1. The Kier molecular flexibility index (Phi) is 4.83. The third-order valence-electron chi connectivity index (χ3n) is 2.54. The molecule has 0 fully saturated rings. The van der Waals surface area contributed by atoms with E-state index in [0.717, 1.165) is 6.42 Å². The summed E-state index contributed by atoms with van der Waals surface area (Å²) < 4.78 is 0. The van der Waals surface area contributed by atoms with Crippen LogP contribution in [-0.4, -0.2) is 28.0 Å².